The molecule has 0 amide bonds. The van der Waals surface area contributed by atoms with Crippen LogP contribution in [0.4, 0.5) is 0 Å². The van der Waals surface area contributed by atoms with Crippen molar-refractivity contribution in [1.29, 1.82) is 0 Å². The van der Waals surface area contributed by atoms with Crippen LogP contribution in [0.5, 0.6) is 0 Å². The van der Waals surface area contributed by atoms with E-state index in [0.717, 1.165) is 41.3 Å². The highest BCUT2D eigenvalue weighted by Gasteiger charge is 2.12. The van der Waals surface area contributed by atoms with Crippen LogP contribution < -0.4 is 5.32 Å². The third-order valence-corrected chi connectivity index (χ3v) is 4.44. The minimum absolute atomic E-state index is 0.639. The molecule has 2 aromatic heterocycles. The summed E-state index contributed by atoms with van der Waals surface area (Å²) >= 11 is 3.56. The molecule has 0 fully saturated rings. The van der Waals surface area contributed by atoms with Gasteiger partial charge in [-0.15, -0.1) is 0 Å². The Morgan fingerprint density at radius 3 is 2.75 bits per heavy atom. The Balaban J connectivity index is 2.06. The number of rotatable bonds is 6. The molecule has 0 aromatic carbocycles. The molecule has 2 heterocycles. The van der Waals surface area contributed by atoms with Crippen LogP contribution in [0, 0.1) is 19.8 Å². The average molecular weight is 340 g/mol. The van der Waals surface area contributed by atoms with Crippen molar-refractivity contribution >= 4 is 15.9 Å². The van der Waals surface area contributed by atoms with Gasteiger partial charge in [0.05, 0.1) is 35.2 Å². The largest absolute Gasteiger partial charge is 0.468 e. The molecule has 0 aliphatic rings. The summed E-state index contributed by atoms with van der Waals surface area (Å²) in [6.45, 7) is 11.0. The van der Waals surface area contributed by atoms with Gasteiger partial charge in [-0.3, -0.25) is 4.68 Å². The number of nitrogens with zero attached hydrogens (tertiary/aromatic N) is 2. The monoisotopic (exact) mass is 339 g/mol. The lowest BCUT2D eigenvalue weighted by Crippen LogP contribution is -2.19. The summed E-state index contributed by atoms with van der Waals surface area (Å²) in [6, 6.07) is 2.02. The molecule has 2 aromatic rings. The molecule has 0 aliphatic heterocycles. The second-order valence-corrected chi connectivity index (χ2v) is 6.33. The van der Waals surface area contributed by atoms with Gasteiger partial charge in [-0.05, 0) is 48.3 Å². The number of hydrogen-bond acceptors (Lipinski definition) is 3. The van der Waals surface area contributed by atoms with E-state index in [-0.39, 0.29) is 0 Å². The zero-order chi connectivity index (χ0) is 14.7. The van der Waals surface area contributed by atoms with Crippen LogP contribution in [0.1, 0.15) is 36.6 Å². The molecule has 0 atom stereocenters. The molecule has 0 spiro atoms. The van der Waals surface area contributed by atoms with E-state index < -0.39 is 0 Å². The lowest BCUT2D eigenvalue weighted by atomic mass is 10.2. The predicted molar refractivity (Wildman–Crippen MR) is 83.8 cm³/mol. The Morgan fingerprint density at radius 2 is 2.15 bits per heavy atom. The number of halogens is 1. The van der Waals surface area contributed by atoms with Crippen molar-refractivity contribution in [3.63, 3.8) is 0 Å². The number of aromatic nitrogens is 2. The second kappa shape index (κ2) is 6.59. The molecule has 110 valence electrons. The molecule has 0 saturated carbocycles. The summed E-state index contributed by atoms with van der Waals surface area (Å²) in [6.07, 6.45) is 1.75. The number of aryl methyl sites for hydroxylation is 1. The first-order valence-electron chi connectivity index (χ1n) is 6.94. The molecule has 0 aliphatic carbocycles. The fourth-order valence-electron chi connectivity index (χ4n) is 2.13. The summed E-state index contributed by atoms with van der Waals surface area (Å²) < 4.78 is 8.67. The first-order valence-corrected chi connectivity index (χ1v) is 7.73. The SMILES string of the molecule is Cc1nn(Cc2ccoc2CNCC(C)C)c(C)c1Br. The van der Waals surface area contributed by atoms with Crippen molar-refractivity contribution < 1.29 is 4.42 Å². The van der Waals surface area contributed by atoms with Crippen molar-refractivity contribution in [2.45, 2.75) is 40.8 Å². The average Bonchev–Trinajstić information content (AvgIpc) is 2.91. The number of furan rings is 1. The maximum absolute atomic E-state index is 5.58. The first kappa shape index (κ1) is 15.3. The molecular formula is C15H22BrN3O. The zero-order valence-electron chi connectivity index (χ0n) is 12.5. The lowest BCUT2D eigenvalue weighted by molar-refractivity contribution is 0.457. The van der Waals surface area contributed by atoms with E-state index in [1.807, 2.05) is 17.7 Å². The van der Waals surface area contributed by atoms with Crippen LogP contribution in [-0.4, -0.2) is 16.3 Å². The van der Waals surface area contributed by atoms with E-state index in [9.17, 15) is 0 Å². The summed E-state index contributed by atoms with van der Waals surface area (Å²) in [4.78, 5) is 0. The van der Waals surface area contributed by atoms with Gasteiger partial charge < -0.3 is 9.73 Å². The van der Waals surface area contributed by atoms with Crippen LogP contribution in [0.15, 0.2) is 21.2 Å². The minimum Gasteiger partial charge on any atom is -0.468 e. The smallest absolute Gasteiger partial charge is 0.122 e. The van der Waals surface area contributed by atoms with Gasteiger partial charge in [0.25, 0.3) is 0 Å². The molecule has 20 heavy (non-hydrogen) atoms. The third-order valence-electron chi connectivity index (χ3n) is 3.29. The first-order chi connectivity index (χ1) is 9.49. The van der Waals surface area contributed by atoms with Crippen molar-refractivity contribution in [1.82, 2.24) is 15.1 Å². The highest BCUT2D eigenvalue weighted by atomic mass is 79.9. The van der Waals surface area contributed by atoms with E-state index in [1.165, 1.54) is 5.56 Å². The maximum Gasteiger partial charge on any atom is 0.122 e. The molecule has 1 N–H and O–H groups in total. The van der Waals surface area contributed by atoms with Gasteiger partial charge in [0.2, 0.25) is 0 Å². The van der Waals surface area contributed by atoms with Crippen LogP contribution in [-0.2, 0) is 13.1 Å². The Labute approximate surface area is 128 Å². The van der Waals surface area contributed by atoms with E-state index in [1.54, 1.807) is 6.26 Å². The fourth-order valence-corrected chi connectivity index (χ4v) is 2.41. The van der Waals surface area contributed by atoms with Gasteiger partial charge in [-0.2, -0.15) is 5.10 Å². The summed E-state index contributed by atoms with van der Waals surface area (Å²) in [5.41, 5.74) is 3.34. The summed E-state index contributed by atoms with van der Waals surface area (Å²) in [5, 5.41) is 7.95. The Bertz CT molecular complexity index is 572. The van der Waals surface area contributed by atoms with Crippen LogP contribution in [0.25, 0.3) is 0 Å². The van der Waals surface area contributed by atoms with Crippen molar-refractivity contribution in [3.05, 3.63) is 39.5 Å². The summed E-state index contributed by atoms with van der Waals surface area (Å²) in [7, 11) is 0. The minimum atomic E-state index is 0.639. The second-order valence-electron chi connectivity index (χ2n) is 5.54. The summed E-state index contributed by atoms with van der Waals surface area (Å²) in [5.74, 6) is 1.63. The van der Waals surface area contributed by atoms with E-state index in [0.29, 0.717) is 5.92 Å². The normalized spacial score (nSPS) is 11.5. The van der Waals surface area contributed by atoms with Crippen molar-refractivity contribution in [2.75, 3.05) is 6.54 Å². The highest BCUT2D eigenvalue weighted by molar-refractivity contribution is 9.10. The van der Waals surface area contributed by atoms with E-state index in [2.05, 4.69) is 47.1 Å². The molecular weight excluding hydrogens is 318 g/mol. The van der Waals surface area contributed by atoms with Gasteiger partial charge in [-0.25, -0.2) is 0 Å². The van der Waals surface area contributed by atoms with E-state index in [4.69, 9.17) is 4.42 Å². The van der Waals surface area contributed by atoms with E-state index >= 15 is 0 Å². The van der Waals surface area contributed by atoms with Crippen LogP contribution in [0.2, 0.25) is 0 Å². The molecule has 0 bridgehead atoms. The standard InChI is InChI=1S/C15H22BrN3O/c1-10(2)7-17-8-14-13(5-6-20-14)9-19-12(4)15(16)11(3)18-19/h5-6,10,17H,7-9H2,1-4H3. The number of nitrogens with one attached hydrogen (secondary N) is 1. The quantitative estimate of drug-likeness (QED) is 0.873. The highest BCUT2D eigenvalue weighted by Crippen LogP contribution is 2.21. The molecule has 5 heteroatoms. The Morgan fingerprint density at radius 1 is 1.40 bits per heavy atom. The molecule has 0 saturated heterocycles. The Kier molecular flexibility index (Phi) is 5.05. The predicted octanol–water partition coefficient (Wildman–Crippen LogP) is 3.65. The maximum atomic E-state index is 5.58. The lowest BCUT2D eigenvalue weighted by Gasteiger charge is -2.08. The Hall–Kier alpha value is -1.07. The van der Waals surface area contributed by atoms with Crippen LogP contribution in [0.3, 0.4) is 0 Å². The van der Waals surface area contributed by atoms with Gasteiger partial charge in [0.1, 0.15) is 5.76 Å². The molecule has 2 rings (SSSR count). The zero-order valence-corrected chi connectivity index (χ0v) is 14.1. The topological polar surface area (TPSA) is 43.0 Å². The van der Waals surface area contributed by atoms with Gasteiger partial charge in [-0.1, -0.05) is 13.8 Å². The van der Waals surface area contributed by atoms with Crippen LogP contribution >= 0.6 is 15.9 Å². The third kappa shape index (κ3) is 3.52. The van der Waals surface area contributed by atoms with Crippen molar-refractivity contribution in [2.24, 2.45) is 5.92 Å². The fraction of sp³-hybridized carbons (Fsp3) is 0.533. The van der Waals surface area contributed by atoms with Crippen molar-refractivity contribution in [3.8, 4) is 0 Å². The molecule has 4 nitrogen and oxygen atoms in total. The van der Waals surface area contributed by atoms with Gasteiger partial charge in [0.15, 0.2) is 0 Å². The van der Waals surface area contributed by atoms with Gasteiger partial charge in [0, 0.05) is 5.56 Å². The molecule has 0 unspecified atom stereocenters. The molecule has 0 radical (unpaired) electrons. The number of hydrogen-bond donors (Lipinski definition) is 1. The van der Waals surface area contributed by atoms with Gasteiger partial charge >= 0.3 is 0 Å².